The smallest absolute Gasteiger partial charge is 0.139 e. The molecule has 0 spiro atoms. The molecule has 2 aromatic rings. The Morgan fingerprint density at radius 1 is 1.00 bits per heavy atom. The van der Waals surface area contributed by atoms with Crippen LogP contribution >= 0.6 is 0 Å². The van der Waals surface area contributed by atoms with E-state index in [4.69, 9.17) is 0 Å². The largest absolute Gasteiger partial charge is 0.256 e. The number of hydrogen-bond acceptors (Lipinski definition) is 1. The van der Waals surface area contributed by atoms with Gasteiger partial charge in [-0.2, -0.15) is 0 Å². The number of aromatic nitrogens is 1. The van der Waals surface area contributed by atoms with Gasteiger partial charge in [-0.15, -0.1) is 0 Å². The Morgan fingerprint density at radius 3 is 2.24 bits per heavy atom. The van der Waals surface area contributed by atoms with Gasteiger partial charge in [0, 0.05) is 11.8 Å². The number of nitrogens with zero attached hydrogens (tertiary/aromatic N) is 1. The Bertz CT molecular complexity index is 509. The summed E-state index contributed by atoms with van der Waals surface area (Å²) in [7, 11) is 2.10. The lowest BCUT2D eigenvalue weighted by atomic mass is 9.86. The van der Waals surface area contributed by atoms with Gasteiger partial charge >= 0.3 is 0 Å². The highest BCUT2D eigenvalue weighted by Crippen LogP contribution is 2.25. The summed E-state index contributed by atoms with van der Waals surface area (Å²) >= 11 is 0. The quantitative estimate of drug-likeness (QED) is 0.676. The minimum absolute atomic E-state index is 0.169. The molecule has 0 fully saturated rings. The number of hydrogen-bond donors (Lipinski definition) is 0. The molecule has 1 heterocycles. The summed E-state index contributed by atoms with van der Waals surface area (Å²) < 4.78 is 0. The molecular formula is C15H18BN. The predicted molar refractivity (Wildman–Crippen MR) is 76.6 cm³/mol. The maximum Gasteiger partial charge on any atom is 0.139 e. The normalized spacial score (nSPS) is 11.5. The topological polar surface area (TPSA) is 12.9 Å². The monoisotopic (exact) mass is 223 g/mol. The first kappa shape index (κ1) is 11.9. The zero-order chi connectivity index (χ0) is 12.5. The molecule has 0 aliphatic carbocycles. The highest BCUT2D eigenvalue weighted by molar-refractivity contribution is 6.32. The summed E-state index contributed by atoms with van der Waals surface area (Å²) in [5.41, 5.74) is 5.01. The Kier molecular flexibility index (Phi) is 3.06. The highest BCUT2D eigenvalue weighted by Gasteiger charge is 2.14. The maximum atomic E-state index is 4.45. The molecule has 0 aliphatic rings. The van der Waals surface area contributed by atoms with E-state index in [0.717, 1.165) is 5.69 Å². The molecule has 2 rings (SSSR count). The van der Waals surface area contributed by atoms with Crippen LogP contribution in [0.4, 0.5) is 0 Å². The average molecular weight is 223 g/mol. The fraction of sp³-hybridized carbons (Fsp3) is 0.267. The van der Waals surface area contributed by atoms with E-state index in [1.54, 1.807) is 0 Å². The first-order valence-corrected chi connectivity index (χ1v) is 6.00. The van der Waals surface area contributed by atoms with Gasteiger partial charge in [-0.25, -0.2) is 0 Å². The molecule has 0 bridgehead atoms. The molecule has 1 aromatic heterocycles. The van der Waals surface area contributed by atoms with Crippen molar-refractivity contribution in [1.82, 2.24) is 4.98 Å². The molecule has 86 valence electrons. The lowest BCUT2D eigenvalue weighted by molar-refractivity contribution is 0.589. The molecule has 1 aromatic carbocycles. The zero-order valence-electron chi connectivity index (χ0n) is 11.0. The van der Waals surface area contributed by atoms with Crippen molar-refractivity contribution in [3.63, 3.8) is 0 Å². The van der Waals surface area contributed by atoms with E-state index in [9.17, 15) is 0 Å². The van der Waals surface area contributed by atoms with Crippen molar-refractivity contribution >= 4 is 13.3 Å². The van der Waals surface area contributed by atoms with Gasteiger partial charge in [0.05, 0.1) is 5.69 Å². The van der Waals surface area contributed by atoms with E-state index in [2.05, 4.69) is 70.0 Å². The second-order valence-electron chi connectivity index (χ2n) is 5.55. The van der Waals surface area contributed by atoms with Crippen molar-refractivity contribution in [2.45, 2.75) is 26.2 Å². The molecule has 0 atom stereocenters. The van der Waals surface area contributed by atoms with Gasteiger partial charge in [0.2, 0.25) is 0 Å². The number of pyridine rings is 1. The summed E-state index contributed by atoms with van der Waals surface area (Å²) in [6.45, 7) is 6.67. The Balaban J connectivity index is 2.43. The number of benzene rings is 1. The van der Waals surface area contributed by atoms with Crippen molar-refractivity contribution in [3.05, 3.63) is 48.2 Å². The summed E-state index contributed by atoms with van der Waals surface area (Å²) in [5.74, 6) is 0. The summed E-state index contributed by atoms with van der Waals surface area (Å²) in [6.07, 6.45) is 1.90. The maximum absolute atomic E-state index is 4.45. The predicted octanol–water partition coefficient (Wildman–Crippen LogP) is 2.30. The molecule has 17 heavy (non-hydrogen) atoms. The van der Waals surface area contributed by atoms with E-state index in [1.165, 1.54) is 16.6 Å². The molecule has 0 amide bonds. The molecule has 0 N–H and O–H groups in total. The van der Waals surface area contributed by atoms with Crippen LogP contribution in [0.5, 0.6) is 0 Å². The third kappa shape index (κ3) is 2.76. The zero-order valence-corrected chi connectivity index (χ0v) is 11.0. The molecule has 0 radical (unpaired) electrons. The lowest BCUT2D eigenvalue weighted by Gasteiger charge is -2.19. The lowest BCUT2D eigenvalue weighted by Crippen LogP contribution is -2.11. The van der Waals surface area contributed by atoms with Gasteiger partial charge in [-0.3, -0.25) is 4.98 Å². The molecule has 0 saturated heterocycles. The van der Waals surface area contributed by atoms with Crippen molar-refractivity contribution in [2.24, 2.45) is 0 Å². The van der Waals surface area contributed by atoms with Gasteiger partial charge in [0.25, 0.3) is 0 Å². The highest BCUT2D eigenvalue weighted by atomic mass is 14.7. The van der Waals surface area contributed by atoms with Crippen LogP contribution in [0.2, 0.25) is 0 Å². The minimum Gasteiger partial charge on any atom is -0.256 e. The van der Waals surface area contributed by atoms with Gasteiger partial charge in [0.15, 0.2) is 0 Å². The summed E-state index contributed by atoms with van der Waals surface area (Å²) in [5, 5.41) is 0. The van der Waals surface area contributed by atoms with Crippen molar-refractivity contribution in [3.8, 4) is 11.3 Å². The van der Waals surface area contributed by atoms with Crippen LogP contribution in [0, 0.1) is 0 Å². The van der Waals surface area contributed by atoms with Crippen molar-refractivity contribution < 1.29 is 0 Å². The molecule has 0 saturated carbocycles. The third-order valence-corrected chi connectivity index (χ3v) is 2.97. The van der Waals surface area contributed by atoms with Crippen LogP contribution < -0.4 is 5.46 Å². The van der Waals surface area contributed by atoms with Crippen molar-refractivity contribution in [1.29, 1.82) is 0 Å². The Labute approximate surface area is 104 Å². The van der Waals surface area contributed by atoms with Crippen molar-refractivity contribution in [2.75, 3.05) is 0 Å². The fourth-order valence-corrected chi connectivity index (χ4v) is 1.78. The van der Waals surface area contributed by atoms with Crippen LogP contribution in [-0.4, -0.2) is 12.8 Å². The third-order valence-electron chi connectivity index (χ3n) is 2.97. The fourth-order valence-electron chi connectivity index (χ4n) is 1.78. The van der Waals surface area contributed by atoms with Crippen LogP contribution in [0.3, 0.4) is 0 Å². The molecule has 0 unspecified atom stereocenters. The van der Waals surface area contributed by atoms with Gasteiger partial charge in [0.1, 0.15) is 7.85 Å². The number of rotatable bonds is 1. The van der Waals surface area contributed by atoms with Gasteiger partial charge in [-0.1, -0.05) is 50.5 Å². The summed E-state index contributed by atoms with van der Waals surface area (Å²) in [4.78, 5) is 4.45. The second kappa shape index (κ2) is 4.36. The van der Waals surface area contributed by atoms with Gasteiger partial charge < -0.3 is 0 Å². The molecule has 0 aliphatic heterocycles. The first-order valence-electron chi connectivity index (χ1n) is 6.00. The van der Waals surface area contributed by atoms with E-state index < -0.39 is 0 Å². The Morgan fingerprint density at radius 2 is 1.65 bits per heavy atom. The van der Waals surface area contributed by atoms with Crippen LogP contribution in [0.1, 0.15) is 26.3 Å². The summed E-state index contributed by atoms with van der Waals surface area (Å²) in [6, 6.07) is 12.8. The van der Waals surface area contributed by atoms with E-state index >= 15 is 0 Å². The first-order chi connectivity index (χ1) is 7.97. The van der Waals surface area contributed by atoms with E-state index in [1.807, 2.05) is 6.20 Å². The molecular weight excluding hydrogens is 205 g/mol. The SMILES string of the molecule is Bc1ccc(-c2cc(C(C)(C)C)ccn2)cc1. The minimum atomic E-state index is 0.169. The second-order valence-corrected chi connectivity index (χ2v) is 5.55. The van der Waals surface area contributed by atoms with Crippen LogP contribution in [-0.2, 0) is 5.41 Å². The molecule has 2 heteroatoms. The van der Waals surface area contributed by atoms with Gasteiger partial charge in [-0.05, 0) is 23.1 Å². The average Bonchev–Trinajstić information content (AvgIpc) is 2.29. The Hall–Kier alpha value is -1.57. The van der Waals surface area contributed by atoms with E-state index in [0.29, 0.717) is 0 Å². The molecule has 1 nitrogen and oxygen atoms in total. The van der Waals surface area contributed by atoms with Crippen LogP contribution in [0.25, 0.3) is 11.3 Å². The standard InChI is InChI=1S/C15H18BN/c1-15(2,3)12-8-9-17-14(10-12)11-4-6-13(16)7-5-11/h4-10H,16H2,1-3H3. The van der Waals surface area contributed by atoms with Crippen LogP contribution in [0.15, 0.2) is 42.6 Å². The van der Waals surface area contributed by atoms with E-state index in [-0.39, 0.29) is 5.41 Å².